The van der Waals surface area contributed by atoms with E-state index in [0.29, 0.717) is 0 Å². The van der Waals surface area contributed by atoms with E-state index in [9.17, 15) is 4.79 Å². The summed E-state index contributed by atoms with van der Waals surface area (Å²) in [6.45, 7) is 5.81. The van der Waals surface area contributed by atoms with Crippen molar-refractivity contribution in [2.75, 3.05) is 13.7 Å². The van der Waals surface area contributed by atoms with Crippen molar-refractivity contribution in [1.82, 2.24) is 4.90 Å². The monoisotopic (exact) mass is 159 g/mol. The van der Waals surface area contributed by atoms with Crippen LogP contribution in [0.1, 0.15) is 27.2 Å². The molecule has 0 unspecified atom stereocenters. The smallest absolute Gasteiger partial charge is 0.225 e. The predicted octanol–water partition coefficient (Wildman–Crippen LogP) is 0.626. The highest BCUT2D eigenvalue weighted by atomic mass is 16.3. The van der Waals surface area contributed by atoms with E-state index < -0.39 is 0 Å². The molecule has 1 amide bonds. The van der Waals surface area contributed by atoms with Gasteiger partial charge < -0.3 is 10.0 Å². The lowest BCUT2D eigenvalue weighted by Crippen LogP contribution is -2.42. The van der Waals surface area contributed by atoms with Gasteiger partial charge in [0.1, 0.15) is 0 Å². The average Bonchev–Trinajstić information content (AvgIpc) is 1.85. The van der Waals surface area contributed by atoms with Gasteiger partial charge in [0.15, 0.2) is 0 Å². The van der Waals surface area contributed by atoms with Crippen molar-refractivity contribution in [2.24, 2.45) is 0 Å². The minimum atomic E-state index is -0.147. The Morgan fingerprint density at radius 2 is 1.91 bits per heavy atom. The largest absolute Gasteiger partial charge is 0.396 e. The molecular formula is C8H17NO2. The number of carbonyl (C=O) groups excluding carboxylic acids is 1. The molecule has 0 aliphatic rings. The van der Waals surface area contributed by atoms with Gasteiger partial charge in [-0.05, 0) is 20.8 Å². The van der Waals surface area contributed by atoms with Crippen molar-refractivity contribution in [1.29, 1.82) is 0 Å². The topological polar surface area (TPSA) is 40.5 Å². The summed E-state index contributed by atoms with van der Waals surface area (Å²) in [5, 5.41) is 8.50. The van der Waals surface area contributed by atoms with E-state index in [1.165, 1.54) is 0 Å². The van der Waals surface area contributed by atoms with E-state index in [2.05, 4.69) is 0 Å². The zero-order valence-corrected chi connectivity index (χ0v) is 7.72. The molecule has 0 fully saturated rings. The number of hydrogen-bond donors (Lipinski definition) is 1. The fourth-order valence-electron chi connectivity index (χ4n) is 0.637. The minimum Gasteiger partial charge on any atom is -0.396 e. The Morgan fingerprint density at radius 3 is 2.18 bits per heavy atom. The van der Waals surface area contributed by atoms with E-state index in [1.807, 2.05) is 20.8 Å². The Morgan fingerprint density at radius 1 is 1.45 bits per heavy atom. The highest BCUT2D eigenvalue weighted by Gasteiger charge is 2.21. The summed E-state index contributed by atoms with van der Waals surface area (Å²) in [5.41, 5.74) is -0.147. The Balaban J connectivity index is 4.03. The molecule has 11 heavy (non-hydrogen) atoms. The van der Waals surface area contributed by atoms with Crippen LogP contribution in [0.25, 0.3) is 0 Å². The molecular weight excluding hydrogens is 142 g/mol. The van der Waals surface area contributed by atoms with E-state index in [4.69, 9.17) is 5.11 Å². The summed E-state index contributed by atoms with van der Waals surface area (Å²) < 4.78 is 0. The van der Waals surface area contributed by atoms with Gasteiger partial charge in [0.2, 0.25) is 5.91 Å². The molecule has 0 aromatic heterocycles. The van der Waals surface area contributed by atoms with Crippen LogP contribution in [0, 0.1) is 0 Å². The molecule has 0 heterocycles. The molecule has 0 aromatic rings. The first-order valence-corrected chi connectivity index (χ1v) is 3.77. The Bertz CT molecular complexity index is 138. The molecule has 3 heteroatoms. The number of amides is 1. The number of nitrogens with zero attached hydrogens (tertiary/aromatic N) is 1. The number of rotatable bonds is 2. The molecule has 0 bridgehead atoms. The normalized spacial score (nSPS) is 11.4. The lowest BCUT2D eigenvalue weighted by Gasteiger charge is -2.31. The number of aliphatic hydroxyl groups is 1. The van der Waals surface area contributed by atoms with E-state index in [0.717, 1.165) is 0 Å². The molecule has 0 aliphatic heterocycles. The van der Waals surface area contributed by atoms with E-state index >= 15 is 0 Å². The van der Waals surface area contributed by atoms with Crippen LogP contribution in [0.5, 0.6) is 0 Å². The Kier molecular flexibility index (Phi) is 3.52. The number of hydrogen-bond acceptors (Lipinski definition) is 2. The van der Waals surface area contributed by atoms with Gasteiger partial charge in [-0.1, -0.05) is 0 Å². The molecule has 0 radical (unpaired) electrons. The van der Waals surface area contributed by atoms with Crippen molar-refractivity contribution >= 4 is 5.91 Å². The molecule has 0 aromatic carbocycles. The molecule has 0 atom stereocenters. The van der Waals surface area contributed by atoms with Crippen LogP contribution >= 0.6 is 0 Å². The van der Waals surface area contributed by atoms with Gasteiger partial charge in [-0.3, -0.25) is 4.79 Å². The van der Waals surface area contributed by atoms with Crippen LogP contribution in [0.15, 0.2) is 0 Å². The second-order valence-corrected chi connectivity index (χ2v) is 3.60. The molecule has 0 spiro atoms. The van der Waals surface area contributed by atoms with Gasteiger partial charge >= 0.3 is 0 Å². The SMILES string of the molecule is CN(C(=O)CCO)C(C)(C)C. The van der Waals surface area contributed by atoms with Crippen LogP contribution in [-0.2, 0) is 4.79 Å². The first kappa shape index (κ1) is 10.4. The molecule has 3 nitrogen and oxygen atoms in total. The molecule has 66 valence electrons. The molecule has 0 saturated heterocycles. The maximum atomic E-state index is 11.2. The number of carbonyl (C=O) groups is 1. The van der Waals surface area contributed by atoms with Crippen LogP contribution < -0.4 is 0 Å². The fraction of sp³-hybridized carbons (Fsp3) is 0.875. The van der Waals surface area contributed by atoms with E-state index in [1.54, 1.807) is 11.9 Å². The molecule has 0 rings (SSSR count). The average molecular weight is 159 g/mol. The van der Waals surface area contributed by atoms with Crippen LogP contribution in [-0.4, -0.2) is 35.1 Å². The highest BCUT2D eigenvalue weighted by molar-refractivity contribution is 5.76. The molecule has 1 N–H and O–H groups in total. The maximum absolute atomic E-state index is 11.2. The van der Waals surface area contributed by atoms with Gasteiger partial charge in [0.25, 0.3) is 0 Å². The van der Waals surface area contributed by atoms with Gasteiger partial charge in [-0.25, -0.2) is 0 Å². The van der Waals surface area contributed by atoms with Crippen molar-refractivity contribution in [3.63, 3.8) is 0 Å². The second-order valence-electron chi connectivity index (χ2n) is 3.60. The standard InChI is InChI=1S/C8H17NO2/c1-8(2,3)9(4)7(11)5-6-10/h10H,5-6H2,1-4H3. The van der Waals surface area contributed by atoms with E-state index in [-0.39, 0.29) is 24.5 Å². The second kappa shape index (κ2) is 3.72. The molecule has 0 saturated carbocycles. The first-order valence-electron chi connectivity index (χ1n) is 3.77. The summed E-state index contributed by atoms with van der Waals surface area (Å²) >= 11 is 0. The van der Waals surface area contributed by atoms with Crippen LogP contribution in [0.3, 0.4) is 0 Å². The zero-order chi connectivity index (χ0) is 9.07. The fourth-order valence-corrected chi connectivity index (χ4v) is 0.637. The summed E-state index contributed by atoms with van der Waals surface area (Å²) in [6, 6.07) is 0. The Labute approximate surface area is 68.0 Å². The predicted molar refractivity (Wildman–Crippen MR) is 44.2 cm³/mol. The van der Waals surface area contributed by atoms with Gasteiger partial charge in [0.05, 0.1) is 6.61 Å². The first-order chi connectivity index (χ1) is 4.89. The van der Waals surface area contributed by atoms with Gasteiger partial charge in [-0.15, -0.1) is 0 Å². The summed E-state index contributed by atoms with van der Waals surface area (Å²) in [6.07, 6.45) is 0.216. The van der Waals surface area contributed by atoms with Crippen molar-refractivity contribution in [3.8, 4) is 0 Å². The third-order valence-electron chi connectivity index (χ3n) is 1.71. The van der Waals surface area contributed by atoms with Crippen molar-refractivity contribution in [2.45, 2.75) is 32.7 Å². The zero-order valence-electron chi connectivity index (χ0n) is 7.72. The van der Waals surface area contributed by atoms with Gasteiger partial charge in [0, 0.05) is 19.0 Å². The lowest BCUT2D eigenvalue weighted by atomic mass is 10.1. The van der Waals surface area contributed by atoms with Crippen LogP contribution in [0.2, 0.25) is 0 Å². The highest BCUT2D eigenvalue weighted by Crippen LogP contribution is 2.10. The number of aliphatic hydroxyl groups excluding tert-OH is 1. The lowest BCUT2D eigenvalue weighted by molar-refractivity contribution is -0.134. The maximum Gasteiger partial charge on any atom is 0.225 e. The third kappa shape index (κ3) is 3.37. The van der Waals surface area contributed by atoms with Crippen molar-refractivity contribution < 1.29 is 9.90 Å². The Hall–Kier alpha value is -0.570. The minimum absolute atomic E-state index is 0.0139. The van der Waals surface area contributed by atoms with Crippen molar-refractivity contribution in [3.05, 3.63) is 0 Å². The quantitative estimate of drug-likeness (QED) is 0.642. The summed E-state index contributed by atoms with van der Waals surface area (Å²) in [5.74, 6) is -0.0139. The summed E-state index contributed by atoms with van der Waals surface area (Å²) in [7, 11) is 1.75. The van der Waals surface area contributed by atoms with Gasteiger partial charge in [-0.2, -0.15) is 0 Å². The van der Waals surface area contributed by atoms with Crippen LogP contribution in [0.4, 0.5) is 0 Å². The third-order valence-corrected chi connectivity index (χ3v) is 1.71. The molecule has 0 aliphatic carbocycles. The summed E-state index contributed by atoms with van der Waals surface area (Å²) in [4.78, 5) is 12.8.